The minimum absolute atomic E-state index is 0.0514. The number of piperidine rings is 1. The highest BCUT2D eigenvalue weighted by Gasteiger charge is 2.45. The number of rotatable bonds is 1. The molecule has 1 saturated carbocycles. The fourth-order valence-electron chi connectivity index (χ4n) is 3.10. The summed E-state index contributed by atoms with van der Waals surface area (Å²) in [5.41, 5.74) is -0.941. The fourth-order valence-corrected chi connectivity index (χ4v) is 3.10. The van der Waals surface area contributed by atoms with E-state index in [1.54, 1.807) is 0 Å². The van der Waals surface area contributed by atoms with Crippen molar-refractivity contribution < 1.29 is 9.90 Å². The summed E-state index contributed by atoms with van der Waals surface area (Å²) in [5, 5.41) is 13.5. The Balaban J connectivity index is 1.90. The van der Waals surface area contributed by atoms with Crippen LogP contribution in [0.25, 0.3) is 0 Å². The lowest BCUT2D eigenvalue weighted by atomic mass is 9.71. The Kier molecular flexibility index (Phi) is 4.09. The highest BCUT2D eigenvalue weighted by atomic mass is 16.3. The first kappa shape index (κ1) is 14.6. The molecule has 0 unspecified atom stereocenters. The summed E-state index contributed by atoms with van der Waals surface area (Å²) in [5.74, 6) is 0. The molecule has 0 aromatic carbocycles. The number of hydrogen-bond donors (Lipinski definition) is 2. The minimum Gasteiger partial charge on any atom is -0.389 e. The third-order valence-corrected chi connectivity index (χ3v) is 5.13. The molecule has 4 heteroatoms. The summed E-state index contributed by atoms with van der Waals surface area (Å²) in [6, 6.07) is 0.405. The lowest BCUT2D eigenvalue weighted by Crippen LogP contribution is -2.59. The zero-order valence-electron chi connectivity index (χ0n) is 12.5. The van der Waals surface area contributed by atoms with Gasteiger partial charge < -0.3 is 15.3 Å². The van der Waals surface area contributed by atoms with E-state index < -0.39 is 5.60 Å². The van der Waals surface area contributed by atoms with Crippen molar-refractivity contribution in [2.45, 2.75) is 70.9 Å². The molecule has 0 aromatic heterocycles. The maximum absolute atomic E-state index is 12.3. The normalized spacial score (nSPS) is 32.1. The molecule has 1 atom stereocenters. The van der Waals surface area contributed by atoms with Crippen LogP contribution >= 0.6 is 0 Å². The van der Waals surface area contributed by atoms with E-state index >= 15 is 0 Å². The third kappa shape index (κ3) is 3.22. The molecule has 0 radical (unpaired) electrons. The van der Waals surface area contributed by atoms with Gasteiger partial charge in [-0.2, -0.15) is 0 Å². The first-order chi connectivity index (χ1) is 8.82. The number of likely N-dealkylation sites (tertiary alicyclic amines) is 1. The Morgan fingerprint density at radius 3 is 2.42 bits per heavy atom. The number of carbonyl (C=O) groups is 1. The standard InChI is InChI=1S/C15H28N2O2/c1-14(2)11-17(10-9-15(14,3)19)13(18)16-12-7-5-4-6-8-12/h12,19H,4-11H2,1-3H3,(H,16,18)/t15-/m0/s1. The van der Waals surface area contributed by atoms with Crippen LogP contribution in [0.4, 0.5) is 4.79 Å². The molecule has 2 N–H and O–H groups in total. The molecule has 110 valence electrons. The fraction of sp³-hybridized carbons (Fsp3) is 0.933. The van der Waals surface area contributed by atoms with Crippen molar-refractivity contribution in [3.05, 3.63) is 0 Å². The molecule has 2 fully saturated rings. The van der Waals surface area contributed by atoms with Crippen molar-refractivity contribution >= 4 is 6.03 Å². The van der Waals surface area contributed by atoms with E-state index in [-0.39, 0.29) is 11.4 Å². The summed E-state index contributed by atoms with van der Waals surface area (Å²) >= 11 is 0. The molecule has 0 aromatic rings. The van der Waals surface area contributed by atoms with Crippen LogP contribution < -0.4 is 5.32 Å². The Morgan fingerprint density at radius 1 is 1.21 bits per heavy atom. The van der Waals surface area contributed by atoms with Crippen LogP contribution in [0.3, 0.4) is 0 Å². The van der Waals surface area contributed by atoms with Crippen molar-refractivity contribution in [1.29, 1.82) is 0 Å². The quantitative estimate of drug-likeness (QED) is 0.768. The van der Waals surface area contributed by atoms with Gasteiger partial charge in [-0.25, -0.2) is 4.79 Å². The summed E-state index contributed by atoms with van der Waals surface area (Å²) in [7, 11) is 0. The molecule has 0 spiro atoms. The number of hydrogen-bond acceptors (Lipinski definition) is 2. The van der Waals surface area contributed by atoms with Crippen LogP contribution in [0, 0.1) is 5.41 Å². The summed E-state index contributed by atoms with van der Waals surface area (Å²) in [4.78, 5) is 14.2. The molecule has 1 heterocycles. The van der Waals surface area contributed by atoms with Crippen molar-refractivity contribution in [2.24, 2.45) is 5.41 Å². The topological polar surface area (TPSA) is 52.6 Å². The summed E-state index contributed by atoms with van der Waals surface area (Å²) in [6.07, 6.45) is 6.63. The molecule has 1 aliphatic carbocycles. The predicted molar refractivity (Wildman–Crippen MR) is 76.0 cm³/mol. The molecule has 2 rings (SSSR count). The second-order valence-electron chi connectivity index (χ2n) is 7.11. The maximum Gasteiger partial charge on any atom is 0.317 e. The first-order valence-corrected chi connectivity index (χ1v) is 7.60. The zero-order chi connectivity index (χ0) is 14.1. The van der Waals surface area contributed by atoms with E-state index in [9.17, 15) is 9.90 Å². The van der Waals surface area contributed by atoms with Gasteiger partial charge in [-0.05, 0) is 26.2 Å². The van der Waals surface area contributed by atoms with Crippen molar-refractivity contribution in [3.63, 3.8) is 0 Å². The van der Waals surface area contributed by atoms with E-state index in [0.717, 1.165) is 12.8 Å². The van der Waals surface area contributed by atoms with Gasteiger partial charge in [0, 0.05) is 24.5 Å². The predicted octanol–water partition coefficient (Wildman–Crippen LogP) is 2.51. The molecular formula is C15H28N2O2. The Labute approximate surface area is 116 Å². The van der Waals surface area contributed by atoms with E-state index in [2.05, 4.69) is 5.32 Å². The summed E-state index contributed by atoms with van der Waals surface area (Å²) < 4.78 is 0. The number of carbonyl (C=O) groups excluding carboxylic acids is 1. The Morgan fingerprint density at radius 2 is 1.84 bits per heavy atom. The molecular weight excluding hydrogens is 240 g/mol. The first-order valence-electron chi connectivity index (χ1n) is 7.60. The van der Waals surface area contributed by atoms with E-state index in [1.807, 2.05) is 25.7 Å². The van der Waals surface area contributed by atoms with Crippen LogP contribution in [0.2, 0.25) is 0 Å². The Bertz CT molecular complexity index is 333. The zero-order valence-corrected chi connectivity index (χ0v) is 12.5. The SMILES string of the molecule is CC1(C)CN(C(=O)NC2CCCCC2)CC[C@]1(C)O. The van der Waals surface area contributed by atoms with Crippen LogP contribution in [0.1, 0.15) is 59.3 Å². The smallest absolute Gasteiger partial charge is 0.317 e. The van der Waals surface area contributed by atoms with Crippen LogP contribution in [-0.2, 0) is 0 Å². The second kappa shape index (κ2) is 5.31. The van der Waals surface area contributed by atoms with Crippen LogP contribution in [0.5, 0.6) is 0 Å². The number of urea groups is 1. The highest BCUT2D eigenvalue weighted by Crippen LogP contribution is 2.38. The molecule has 2 aliphatic rings. The molecule has 1 aliphatic heterocycles. The maximum atomic E-state index is 12.3. The number of nitrogens with one attached hydrogen (secondary N) is 1. The van der Waals surface area contributed by atoms with Crippen molar-refractivity contribution in [3.8, 4) is 0 Å². The Hall–Kier alpha value is -0.770. The third-order valence-electron chi connectivity index (χ3n) is 5.13. The lowest BCUT2D eigenvalue weighted by Gasteiger charge is -2.48. The largest absolute Gasteiger partial charge is 0.389 e. The number of amides is 2. The van der Waals surface area contributed by atoms with Gasteiger partial charge in [-0.15, -0.1) is 0 Å². The molecule has 2 amide bonds. The van der Waals surface area contributed by atoms with Gasteiger partial charge in [0.2, 0.25) is 0 Å². The van der Waals surface area contributed by atoms with Gasteiger partial charge in [0.05, 0.1) is 5.60 Å². The average molecular weight is 268 g/mol. The van der Waals surface area contributed by atoms with Gasteiger partial charge in [0.25, 0.3) is 0 Å². The van der Waals surface area contributed by atoms with Gasteiger partial charge in [0.15, 0.2) is 0 Å². The van der Waals surface area contributed by atoms with Crippen LogP contribution in [-0.4, -0.2) is 40.8 Å². The van der Waals surface area contributed by atoms with Crippen molar-refractivity contribution in [2.75, 3.05) is 13.1 Å². The minimum atomic E-state index is -0.686. The molecule has 1 saturated heterocycles. The van der Waals surface area contributed by atoms with Crippen molar-refractivity contribution in [1.82, 2.24) is 10.2 Å². The number of aliphatic hydroxyl groups is 1. The second-order valence-corrected chi connectivity index (χ2v) is 7.11. The van der Waals surface area contributed by atoms with Gasteiger partial charge in [-0.3, -0.25) is 0 Å². The molecule has 19 heavy (non-hydrogen) atoms. The monoisotopic (exact) mass is 268 g/mol. The van der Waals surface area contributed by atoms with Gasteiger partial charge >= 0.3 is 6.03 Å². The summed E-state index contributed by atoms with van der Waals surface area (Å²) in [6.45, 7) is 7.22. The lowest BCUT2D eigenvalue weighted by molar-refractivity contribution is -0.0956. The van der Waals surface area contributed by atoms with E-state index in [4.69, 9.17) is 0 Å². The van der Waals surface area contributed by atoms with E-state index in [0.29, 0.717) is 25.6 Å². The molecule has 0 bridgehead atoms. The highest BCUT2D eigenvalue weighted by molar-refractivity contribution is 5.74. The number of nitrogens with zero attached hydrogens (tertiary/aromatic N) is 1. The van der Waals surface area contributed by atoms with Crippen LogP contribution in [0.15, 0.2) is 0 Å². The molecule has 4 nitrogen and oxygen atoms in total. The van der Waals surface area contributed by atoms with Gasteiger partial charge in [-0.1, -0.05) is 33.1 Å². The average Bonchev–Trinajstić information content (AvgIpc) is 2.34. The van der Waals surface area contributed by atoms with Gasteiger partial charge in [0.1, 0.15) is 0 Å². The van der Waals surface area contributed by atoms with E-state index in [1.165, 1.54) is 19.3 Å².